The second-order valence-corrected chi connectivity index (χ2v) is 5.49. The largest absolute Gasteiger partial charge is 0.333 e. The average Bonchev–Trinajstić information content (AvgIpc) is 2.90. The van der Waals surface area contributed by atoms with Crippen LogP contribution in [0.5, 0.6) is 0 Å². The molecule has 0 unspecified atom stereocenters. The van der Waals surface area contributed by atoms with Crippen LogP contribution >= 0.6 is 23.2 Å². The molecule has 0 spiro atoms. The van der Waals surface area contributed by atoms with Gasteiger partial charge >= 0.3 is 6.03 Å². The van der Waals surface area contributed by atoms with Crippen molar-refractivity contribution >= 4 is 35.1 Å². The fourth-order valence-corrected chi connectivity index (χ4v) is 2.43. The molecule has 2 N–H and O–H groups in total. The van der Waals surface area contributed by atoms with E-state index in [2.05, 4.69) is 25.7 Å². The predicted molar refractivity (Wildman–Crippen MR) is 78.5 cm³/mol. The Morgan fingerprint density at radius 1 is 1.33 bits per heavy atom. The summed E-state index contributed by atoms with van der Waals surface area (Å²) in [5, 5.41) is 10.3. The number of halogens is 2. The van der Waals surface area contributed by atoms with Crippen LogP contribution in [0.25, 0.3) is 0 Å². The van der Waals surface area contributed by atoms with Crippen molar-refractivity contribution < 1.29 is 4.79 Å². The molecule has 0 aliphatic carbocycles. The molecular formula is C12H12Cl2N6O. The zero-order valence-corrected chi connectivity index (χ0v) is 12.4. The van der Waals surface area contributed by atoms with Crippen molar-refractivity contribution in [3.8, 4) is 0 Å². The van der Waals surface area contributed by atoms with Crippen LogP contribution in [0.4, 0.5) is 10.6 Å². The number of hydrogen-bond acceptors (Lipinski definition) is 4. The van der Waals surface area contributed by atoms with Gasteiger partial charge in [0.25, 0.3) is 0 Å². The molecule has 0 saturated heterocycles. The number of fused-ring (bicyclic) bond motifs is 1. The maximum Gasteiger partial charge on any atom is 0.320 e. The maximum absolute atomic E-state index is 11.9. The Kier molecular flexibility index (Phi) is 3.94. The first kappa shape index (κ1) is 14.1. The lowest BCUT2D eigenvalue weighted by atomic mass is 10.1. The summed E-state index contributed by atoms with van der Waals surface area (Å²) < 4.78 is 1.80. The topological polar surface area (TPSA) is 84.7 Å². The van der Waals surface area contributed by atoms with Gasteiger partial charge in [-0.3, -0.25) is 5.32 Å². The Bertz CT molecular complexity index is 674. The number of pyridine rings is 1. The normalized spacial score (nSPS) is 17.1. The Morgan fingerprint density at radius 2 is 2.19 bits per heavy atom. The molecule has 1 atom stereocenters. The third-order valence-corrected chi connectivity index (χ3v) is 3.90. The molecule has 110 valence electrons. The number of rotatable bonds is 2. The van der Waals surface area contributed by atoms with E-state index in [1.165, 1.54) is 18.6 Å². The minimum atomic E-state index is -0.338. The van der Waals surface area contributed by atoms with Gasteiger partial charge in [-0.2, -0.15) is 5.10 Å². The van der Waals surface area contributed by atoms with E-state index in [-0.39, 0.29) is 12.1 Å². The standard InChI is InChI=1S/C12H12Cl2N6O/c13-8-3-10(15-4-9(8)14)19-12(21)18-7-1-2-11-16-6-17-20(11)5-7/h3-4,6-7H,1-2,5H2,(H2,15,18,19,21)/t7-/m0/s1. The molecule has 0 bridgehead atoms. The molecule has 2 aromatic rings. The van der Waals surface area contributed by atoms with Gasteiger partial charge in [-0.1, -0.05) is 23.2 Å². The molecule has 1 aliphatic rings. The number of carbonyl (C=O) groups is 1. The molecule has 2 amide bonds. The summed E-state index contributed by atoms with van der Waals surface area (Å²) in [6.07, 6.45) is 4.52. The van der Waals surface area contributed by atoms with Gasteiger partial charge in [-0.15, -0.1) is 0 Å². The number of hydrogen-bond donors (Lipinski definition) is 2. The SMILES string of the molecule is O=C(Nc1cc(Cl)c(Cl)cn1)N[C@H]1CCc2ncnn2C1. The van der Waals surface area contributed by atoms with Crippen molar-refractivity contribution in [2.75, 3.05) is 5.32 Å². The molecule has 1 aliphatic heterocycles. The van der Waals surface area contributed by atoms with Crippen molar-refractivity contribution in [2.45, 2.75) is 25.4 Å². The third-order valence-electron chi connectivity index (χ3n) is 3.19. The fraction of sp³-hybridized carbons (Fsp3) is 0.333. The fourth-order valence-electron chi connectivity index (χ4n) is 2.18. The second kappa shape index (κ2) is 5.87. The number of aryl methyl sites for hydroxylation is 1. The van der Waals surface area contributed by atoms with Crippen LogP contribution in [0.15, 0.2) is 18.6 Å². The van der Waals surface area contributed by atoms with Gasteiger partial charge in [0.2, 0.25) is 0 Å². The van der Waals surface area contributed by atoms with Crippen molar-refractivity contribution in [2.24, 2.45) is 0 Å². The predicted octanol–water partition coefficient (Wildman–Crippen LogP) is 2.12. The van der Waals surface area contributed by atoms with Crippen molar-refractivity contribution in [1.29, 1.82) is 0 Å². The van der Waals surface area contributed by atoms with E-state index in [1.807, 2.05) is 0 Å². The molecule has 0 aromatic carbocycles. The number of amides is 2. The van der Waals surface area contributed by atoms with E-state index < -0.39 is 0 Å². The first-order valence-electron chi connectivity index (χ1n) is 6.37. The third kappa shape index (κ3) is 3.25. The smallest absolute Gasteiger partial charge is 0.320 e. The lowest BCUT2D eigenvalue weighted by Crippen LogP contribution is -2.43. The van der Waals surface area contributed by atoms with Crippen LogP contribution in [0.2, 0.25) is 10.0 Å². The molecule has 3 heterocycles. The Hall–Kier alpha value is -1.86. The Balaban J connectivity index is 1.58. The van der Waals surface area contributed by atoms with E-state index >= 15 is 0 Å². The summed E-state index contributed by atoms with van der Waals surface area (Å²) in [5.74, 6) is 1.29. The highest BCUT2D eigenvalue weighted by molar-refractivity contribution is 6.42. The highest BCUT2D eigenvalue weighted by Gasteiger charge is 2.21. The summed E-state index contributed by atoms with van der Waals surface area (Å²) in [5.41, 5.74) is 0. The number of aromatic nitrogens is 4. The van der Waals surface area contributed by atoms with Crippen LogP contribution in [-0.2, 0) is 13.0 Å². The van der Waals surface area contributed by atoms with E-state index in [1.54, 1.807) is 4.68 Å². The first-order valence-corrected chi connectivity index (χ1v) is 7.12. The minimum Gasteiger partial charge on any atom is -0.333 e. The van der Waals surface area contributed by atoms with Gasteiger partial charge < -0.3 is 5.32 Å². The monoisotopic (exact) mass is 326 g/mol. The van der Waals surface area contributed by atoms with Crippen LogP contribution < -0.4 is 10.6 Å². The lowest BCUT2D eigenvalue weighted by Gasteiger charge is -2.23. The van der Waals surface area contributed by atoms with Gasteiger partial charge in [0.05, 0.1) is 22.6 Å². The Morgan fingerprint density at radius 3 is 3.00 bits per heavy atom. The molecule has 7 nitrogen and oxygen atoms in total. The van der Waals surface area contributed by atoms with Gasteiger partial charge in [-0.25, -0.2) is 19.4 Å². The second-order valence-electron chi connectivity index (χ2n) is 4.68. The van der Waals surface area contributed by atoms with Gasteiger partial charge in [0, 0.05) is 18.7 Å². The summed E-state index contributed by atoms with van der Waals surface area (Å²) >= 11 is 11.6. The average molecular weight is 327 g/mol. The number of nitrogens with one attached hydrogen (secondary N) is 2. The molecule has 9 heteroatoms. The molecule has 0 saturated carbocycles. The maximum atomic E-state index is 11.9. The lowest BCUT2D eigenvalue weighted by molar-refractivity contribution is 0.243. The summed E-state index contributed by atoms with van der Waals surface area (Å²) in [7, 11) is 0. The Labute approximate surface area is 130 Å². The molecule has 2 aromatic heterocycles. The molecule has 3 rings (SSSR count). The van der Waals surface area contributed by atoms with Gasteiger partial charge in [0.1, 0.15) is 18.0 Å². The highest BCUT2D eigenvalue weighted by Crippen LogP contribution is 2.22. The highest BCUT2D eigenvalue weighted by atomic mass is 35.5. The zero-order chi connectivity index (χ0) is 14.8. The molecule has 0 fully saturated rings. The number of carbonyl (C=O) groups excluding carboxylic acids is 1. The van der Waals surface area contributed by atoms with Crippen LogP contribution in [0, 0.1) is 0 Å². The molecule has 0 radical (unpaired) electrons. The zero-order valence-electron chi connectivity index (χ0n) is 10.9. The molecular weight excluding hydrogens is 315 g/mol. The van der Waals surface area contributed by atoms with Crippen molar-refractivity contribution in [3.05, 3.63) is 34.5 Å². The van der Waals surface area contributed by atoms with E-state index in [4.69, 9.17) is 23.2 Å². The van der Waals surface area contributed by atoms with E-state index in [9.17, 15) is 4.79 Å². The quantitative estimate of drug-likeness (QED) is 0.885. The summed E-state index contributed by atoms with van der Waals surface area (Å²) in [6, 6.07) is 1.16. The van der Waals surface area contributed by atoms with E-state index in [0.717, 1.165) is 18.7 Å². The van der Waals surface area contributed by atoms with Crippen LogP contribution in [0.1, 0.15) is 12.2 Å². The van der Waals surface area contributed by atoms with Crippen LogP contribution in [0.3, 0.4) is 0 Å². The molecule has 21 heavy (non-hydrogen) atoms. The number of anilines is 1. The first-order chi connectivity index (χ1) is 10.1. The van der Waals surface area contributed by atoms with Gasteiger partial charge in [-0.05, 0) is 6.42 Å². The van der Waals surface area contributed by atoms with Crippen molar-refractivity contribution in [3.63, 3.8) is 0 Å². The summed E-state index contributed by atoms with van der Waals surface area (Å²) in [4.78, 5) is 20.1. The van der Waals surface area contributed by atoms with Gasteiger partial charge in [0.15, 0.2) is 0 Å². The van der Waals surface area contributed by atoms with E-state index in [0.29, 0.717) is 22.4 Å². The number of urea groups is 1. The van der Waals surface area contributed by atoms with Crippen LogP contribution in [-0.4, -0.2) is 31.8 Å². The summed E-state index contributed by atoms with van der Waals surface area (Å²) in [6.45, 7) is 0.609. The van der Waals surface area contributed by atoms with Crippen molar-refractivity contribution in [1.82, 2.24) is 25.1 Å². The number of nitrogens with zero attached hydrogens (tertiary/aromatic N) is 4. The minimum absolute atomic E-state index is 0.00183.